The van der Waals surface area contributed by atoms with Crippen molar-refractivity contribution < 1.29 is 26.7 Å². The molecular weight excluding hydrogens is 369 g/mol. The molecular formula is C18H12F5N3O. The molecule has 27 heavy (non-hydrogen) atoms. The van der Waals surface area contributed by atoms with Crippen LogP contribution in [0.4, 0.5) is 27.6 Å². The number of rotatable bonds is 3. The first-order valence-corrected chi connectivity index (χ1v) is 7.63. The average molecular weight is 381 g/mol. The third-order valence-corrected chi connectivity index (χ3v) is 3.72. The summed E-state index contributed by atoms with van der Waals surface area (Å²) in [5.41, 5.74) is -1.47. The highest BCUT2D eigenvalue weighted by atomic mass is 19.4. The van der Waals surface area contributed by atoms with Gasteiger partial charge in [-0.1, -0.05) is 30.3 Å². The van der Waals surface area contributed by atoms with Crippen molar-refractivity contribution in [2.75, 3.05) is 5.32 Å². The van der Waals surface area contributed by atoms with E-state index >= 15 is 0 Å². The van der Waals surface area contributed by atoms with Gasteiger partial charge in [-0.05, 0) is 12.1 Å². The molecule has 0 fully saturated rings. The largest absolute Gasteiger partial charge is 0.416 e. The van der Waals surface area contributed by atoms with Crippen molar-refractivity contribution in [1.82, 2.24) is 9.78 Å². The van der Waals surface area contributed by atoms with Crippen LogP contribution in [0.5, 0.6) is 0 Å². The molecule has 0 saturated heterocycles. The summed E-state index contributed by atoms with van der Waals surface area (Å²) in [7, 11) is 1.58. The van der Waals surface area contributed by atoms with E-state index in [1.54, 1.807) is 37.4 Å². The third kappa shape index (κ3) is 3.81. The Morgan fingerprint density at radius 3 is 2.22 bits per heavy atom. The highest BCUT2D eigenvalue weighted by Gasteiger charge is 2.33. The van der Waals surface area contributed by atoms with Gasteiger partial charge >= 0.3 is 6.18 Å². The number of alkyl halides is 3. The normalized spacial score (nSPS) is 11.5. The van der Waals surface area contributed by atoms with Crippen molar-refractivity contribution in [1.29, 1.82) is 0 Å². The van der Waals surface area contributed by atoms with Crippen LogP contribution in [0.15, 0.2) is 48.7 Å². The molecule has 1 aromatic heterocycles. The molecule has 0 atom stereocenters. The molecule has 0 unspecified atom stereocenters. The van der Waals surface area contributed by atoms with E-state index in [0.717, 1.165) is 0 Å². The van der Waals surface area contributed by atoms with E-state index in [2.05, 4.69) is 10.4 Å². The Balaban J connectivity index is 1.96. The first kappa shape index (κ1) is 18.6. The first-order valence-electron chi connectivity index (χ1n) is 7.63. The lowest BCUT2D eigenvalue weighted by molar-refractivity contribution is -0.138. The molecule has 1 amide bonds. The Morgan fingerprint density at radius 1 is 1.07 bits per heavy atom. The van der Waals surface area contributed by atoms with Gasteiger partial charge in [0.05, 0.1) is 11.3 Å². The van der Waals surface area contributed by atoms with Gasteiger partial charge in [-0.3, -0.25) is 9.48 Å². The van der Waals surface area contributed by atoms with Crippen molar-refractivity contribution in [3.05, 3.63) is 71.4 Å². The summed E-state index contributed by atoms with van der Waals surface area (Å²) in [4.78, 5) is 12.3. The highest BCUT2D eigenvalue weighted by molar-refractivity contribution is 6.06. The van der Waals surface area contributed by atoms with Gasteiger partial charge < -0.3 is 5.32 Å². The van der Waals surface area contributed by atoms with Crippen LogP contribution in [-0.4, -0.2) is 15.7 Å². The number of benzene rings is 2. The highest BCUT2D eigenvalue weighted by Crippen LogP contribution is 2.32. The van der Waals surface area contributed by atoms with Crippen molar-refractivity contribution in [2.24, 2.45) is 7.05 Å². The van der Waals surface area contributed by atoms with Gasteiger partial charge in [-0.2, -0.15) is 18.3 Å². The minimum absolute atomic E-state index is 0.0827. The maximum atomic E-state index is 14.0. The molecule has 3 aromatic rings. The second kappa shape index (κ2) is 6.82. The fourth-order valence-corrected chi connectivity index (χ4v) is 2.53. The standard InChI is InChI=1S/C18H12F5N3O/c1-26-9-14(16(25-26)10-5-3-2-4-6-10)24-17(27)15-12(19)7-11(8-13(15)20)18(21,22)23/h2-9H,1H3,(H,24,27). The summed E-state index contributed by atoms with van der Waals surface area (Å²) < 4.78 is 67.3. The molecule has 0 bridgehead atoms. The summed E-state index contributed by atoms with van der Waals surface area (Å²) in [5, 5.41) is 6.49. The van der Waals surface area contributed by atoms with Crippen molar-refractivity contribution in [3.8, 4) is 11.3 Å². The number of carbonyl (C=O) groups excluding carboxylic acids is 1. The second-order valence-electron chi connectivity index (χ2n) is 5.70. The van der Waals surface area contributed by atoms with Crippen LogP contribution in [0, 0.1) is 11.6 Å². The van der Waals surface area contributed by atoms with Gasteiger partial charge in [0.2, 0.25) is 0 Å². The Hall–Kier alpha value is -3.23. The molecule has 0 aliphatic carbocycles. The van der Waals surface area contributed by atoms with Crippen LogP contribution in [0.25, 0.3) is 11.3 Å². The van der Waals surface area contributed by atoms with Gasteiger partial charge in [0.25, 0.3) is 5.91 Å². The van der Waals surface area contributed by atoms with Crippen LogP contribution in [0.2, 0.25) is 0 Å². The number of carbonyl (C=O) groups is 1. The van der Waals surface area contributed by atoms with Gasteiger partial charge in [-0.25, -0.2) is 8.78 Å². The topological polar surface area (TPSA) is 46.9 Å². The lowest BCUT2D eigenvalue weighted by Crippen LogP contribution is -2.18. The van der Waals surface area contributed by atoms with E-state index in [1.165, 1.54) is 10.9 Å². The van der Waals surface area contributed by atoms with E-state index in [0.29, 0.717) is 11.3 Å². The molecule has 0 radical (unpaired) electrons. The fourth-order valence-electron chi connectivity index (χ4n) is 2.53. The predicted molar refractivity (Wildman–Crippen MR) is 88.0 cm³/mol. The summed E-state index contributed by atoms with van der Waals surface area (Å²) in [6.07, 6.45) is -3.51. The number of nitrogens with one attached hydrogen (secondary N) is 1. The smallest absolute Gasteiger partial charge is 0.319 e. The van der Waals surface area contributed by atoms with Gasteiger partial charge in [0.15, 0.2) is 0 Å². The average Bonchev–Trinajstić information content (AvgIpc) is 2.94. The second-order valence-corrected chi connectivity index (χ2v) is 5.70. The number of halogens is 5. The van der Waals surface area contributed by atoms with Gasteiger partial charge in [-0.15, -0.1) is 0 Å². The van der Waals surface area contributed by atoms with Crippen molar-refractivity contribution in [3.63, 3.8) is 0 Å². The monoisotopic (exact) mass is 381 g/mol. The molecule has 2 aromatic carbocycles. The van der Waals surface area contributed by atoms with Crippen molar-refractivity contribution in [2.45, 2.75) is 6.18 Å². The Bertz CT molecular complexity index is 973. The summed E-state index contributed by atoms with van der Waals surface area (Å²) in [6.45, 7) is 0. The molecule has 0 aliphatic rings. The molecule has 0 saturated carbocycles. The van der Waals surface area contributed by atoms with Crippen molar-refractivity contribution >= 4 is 11.6 Å². The summed E-state index contributed by atoms with van der Waals surface area (Å²) in [6, 6.07) is 8.86. The molecule has 9 heteroatoms. The maximum Gasteiger partial charge on any atom is 0.416 e. The maximum absolute atomic E-state index is 14.0. The fraction of sp³-hybridized carbons (Fsp3) is 0.111. The zero-order valence-electron chi connectivity index (χ0n) is 13.8. The van der Waals surface area contributed by atoms with Crippen LogP contribution in [0.1, 0.15) is 15.9 Å². The number of aromatic nitrogens is 2. The Labute approximate surface area is 150 Å². The Morgan fingerprint density at radius 2 is 1.67 bits per heavy atom. The van der Waals surface area contributed by atoms with E-state index in [9.17, 15) is 26.7 Å². The van der Waals surface area contributed by atoms with Crippen LogP contribution in [0.3, 0.4) is 0 Å². The number of hydrogen-bond acceptors (Lipinski definition) is 2. The van der Waals surface area contributed by atoms with Gasteiger partial charge in [0.1, 0.15) is 22.9 Å². The lowest BCUT2D eigenvalue weighted by Gasteiger charge is -2.11. The van der Waals surface area contributed by atoms with E-state index in [1.807, 2.05) is 0 Å². The molecule has 3 rings (SSSR count). The van der Waals surface area contributed by atoms with Crippen LogP contribution in [-0.2, 0) is 13.2 Å². The minimum atomic E-state index is -4.93. The summed E-state index contributed by atoms with van der Waals surface area (Å²) in [5.74, 6) is -4.43. The van der Waals surface area contributed by atoms with Crippen LogP contribution >= 0.6 is 0 Å². The van der Waals surface area contributed by atoms with Gasteiger partial charge in [0, 0.05) is 18.8 Å². The lowest BCUT2D eigenvalue weighted by atomic mass is 10.1. The quantitative estimate of drug-likeness (QED) is 0.672. The number of anilines is 1. The minimum Gasteiger partial charge on any atom is -0.319 e. The molecule has 0 aliphatic heterocycles. The zero-order valence-corrected chi connectivity index (χ0v) is 13.8. The predicted octanol–water partition coefficient (Wildman–Crippen LogP) is 4.64. The molecule has 1 heterocycles. The number of hydrogen-bond donors (Lipinski definition) is 1. The van der Waals surface area contributed by atoms with E-state index in [4.69, 9.17) is 0 Å². The summed E-state index contributed by atoms with van der Waals surface area (Å²) >= 11 is 0. The molecule has 1 N–H and O–H groups in total. The number of nitrogens with zero attached hydrogens (tertiary/aromatic N) is 2. The third-order valence-electron chi connectivity index (χ3n) is 3.72. The number of aryl methyl sites for hydroxylation is 1. The zero-order chi connectivity index (χ0) is 19.8. The molecule has 140 valence electrons. The van der Waals surface area contributed by atoms with Crippen LogP contribution < -0.4 is 5.32 Å². The first-order chi connectivity index (χ1) is 12.7. The Kier molecular flexibility index (Phi) is 4.69. The number of amides is 1. The SMILES string of the molecule is Cn1cc(NC(=O)c2c(F)cc(C(F)(F)F)cc2F)c(-c2ccccc2)n1. The van der Waals surface area contributed by atoms with E-state index in [-0.39, 0.29) is 17.8 Å². The molecule has 0 spiro atoms. The van der Waals surface area contributed by atoms with E-state index < -0.39 is 34.8 Å². The molecule has 4 nitrogen and oxygen atoms in total.